The van der Waals surface area contributed by atoms with E-state index < -0.39 is 11.6 Å². The predicted octanol–water partition coefficient (Wildman–Crippen LogP) is 4.31. The van der Waals surface area contributed by atoms with E-state index in [-0.39, 0.29) is 0 Å². The van der Waals surface area contributed by atoms with Gasteiger partial charge in [0.15, 0.2) is 0 Å². The minimum Gasteiger partial charge on any atom is -0.313 e. The average molecular weight is 281 g/mol. The molecule has 1 saturated carbocycles. The van der Waals surface area contributed by atoms with Crippen LogP contribution in [0.1, 0.15) is 45.1 Å². The smallest absolute Gasteiger partial charge is 0.129 e. The molecule has 112 valence electrons. The van der Waals surface area contributed by atoms with E-state index in [0.29, 0.717) is 29.9 Å². The first-order chi connectivity index (χ1) is 9.61. The average Bonchev–Trinajstić information content (AvgIpc) is 2.83. The van der Waals surface area contributed by atoms with Gasteiger partial charge < -0.3 is 5.32 Å². The highest BCUT2D eigenvalue weighted by molar-refractivity contribution is 5.20. The van der Waals surface area contributed by atoms with Crippen molar-refractivity contribution in [1.29, 1.82) is 0 Å². The van der Waals surface area contributed by atoms with Crippen molar-refractivity contribution in [2.45, 2.75) is 52.0 Å². The van der Waals surface area contributed by atoms with E-state index in [9.17, 15) is 8.78 Å². The monoisotopic (exact) mass is 281 g/mol. The summed E-state index contributed by atoms with van der Waals surface area (Å²) >= 11 is 0. The van der Waals surface area contributed by atoms with Crippen LogP contribution >= 0.6 is 0 Å². The van der Waals surface area contributed by atoms with Gasteiger partial charge in [-0.15, -0.1) is 0 Å². The van der Waals surface area contributed by atoms with Crippen LogP contribution < -0.4 is 5.32 Å². The Kier molecular flexibility index (Phi) is 5.53. The molecule has 0 spiro atoms. The first kappa shape index (κ1) is 15.4. The van der Waals surface area contributed by atoms with Gasteiger partial charge in [-0.3, -0.25) is 0 Å². The van der Waals surface area contributed by atoms with Crippen molar-refractivity contribution >= 4 is 0 Å². The minimum atomic E-state index is -0.501. The summed E-state index contributed by atoms with van der Waals surface area (Å²) < 4.78 is 26.8. The zero-order chi connectivity index (χ0) is 14.5. The van der Waals surface area contributed by atoms with Crippen molar-refractivity contribution in [2.24, 2.45) is 11.8 Å². The Hall–Kier alpha value is -0.960. The van der Waals surface area contributed by atoms with Crippen LogP contribution in [0.3, 0.4) is 0 Å². The first-order valence-corrected chi connectivity index (χ1v) is 7.79. The predicted molar refractivity (Wildman–Crippen MR) is 78.6 cm³/mol. The summed E-state index contributed by atoms with van der Waals surface area (Å²) in [6.45, 7) is 5.39. The lowest BCUT2D eigenvalue weighted by Crippen LogP contribution is -2.39. The molecule has 1 aliphatic carbocycles. The fourth-order valence-corrected chi connectivity index (χ4v) is 3.40. The highest BCUT2D eigenvalue weighted by atomic mass is 19.1. The molecule has 0 heterocycles. The lowest BCUT2D eigenvalue weighted by molar-refractivity contribution is 0.293. The SMILES string of the molecule is CCCNC(Cc1ccc(F)cc1F)C1CCCC1C. The van der Waals surface area contributed by atoms with Crippen LogP contribution in [0, 0.1) is 23.5 Å². The molecule has 2 rings (SSSR count). The highest BCUT2D eigenvalue weighted by Gasteiger charge is 2.31. The van der Waals surface area contributed by atoms with Gasteiger partial charge in [0.25, 0.3) is 0 Å². The number of rotatable bonds is 6. The van der Waals surface area contributed by atoms with E-state index in [4.69, 9.17) is 0 Å². The maximum Gasteiger partial charge on any atom is 0.129 e. The second kappa shape index (κ2) is 7.16. The maximum atomic E-state index is 13.8. The second-order valence-corrected chi connectivity index (χ2v) is 6.07. The third-order valence-corrected chi connectivity index (χ3v) is 4.56. The van der Waals surface area contributed by atoms with E-state index in [2.05, 4.69) is 19.2 Å². The molecule has 0 radical (unpaired) electrons. The van der Waals surface area contributed by atoms with Gasteiger partial charge in [-0.05, 0) is 49.3 Å². The summed E-state index contributed by atoms with van der Waals surface area (Å²) in [7, 11) is 0. The highest BCUT2D eigenvalue weighted by Crippen LogP contribution is 2.35. The third-order valence-electron chi connectivity index (χ3n) is 4.56. The van der Waals surface area contributed by atoms with Gasteiger partial charge in [0.05, 0.1) is 0 Å². The normalized spacial score (nSPS) is 24.0. The lowest BCUT2D eigenvalue weighted by atomic mass is 9.86. The summed E-state index contributed by atoms with van der Waals surface area (Å²) in [6.07, 6.45) is 5.47. The fourth-order valence-electron chi connectivity index (χ4n) is 3.40. The molecule has 1 aromatic carbocycles. The van der Waals surface area contributed by atoms with Gasteiger partial charge in [0.2, 0.25) is 0 Å². The van der Waals surface area contributed by atoms with E-state index in [1.165, 1.54) is 25.3 Å². The molecule has 0 aliphatic heterocycles. The summed E-state index contributed by atoms with van der Waals surface area (Å²) in [6, 6.07) is 4.23. The molecule has 3 atom stereocenters. The molecule has 20 heavy (non-hydrogen) atoms. The van der Waals surface area contributed by atoms with Crippen molar-refractivity contribution in [3.63, 3.8) is 0 Å². The Labute approximate surface area is 120 Å². The van der Waals surface area contributed by atoms with Gasteiger partial charge in [-0.2, -0.15) is 0 Å². The Morgan fingerprint density at radius 2 is 2.10 bits per heavy atom. The molecule has 0 amide bonds. The van der Waals surface area contributed by atoms with Gasteiger partial charge >= 0.3 is 0 Å². The topological polar surface area (TPSA) is 12.0 Å². The number of hydrogen-bond donors (Lipinski definition) is 1. The van der Waals surface area contributed by atoms with Crippen LogP contribution in [0.25, 0.3) is 0 Å². The Bertz CT molecular complexity index is 433. The van der Waals surface area contributed by atoms with Crippen molar-refractivity contribution in [1.82, 2.24) is 5.32 Å². The van der Waals surface area contributed by atoms with Crippen molar-refractivity contribution in [3.8, 4) is 0 Å². The minimum absolute atomic E-state index is 0.299. The van der Waals surface area contributed by atoms with Gasteiger partial charge in [-0.1, -0.05) is 32.8 Å². The van der Waals surface area contributed by atoms with Crippen molar-refractivity contribution in [2.75, 3.05) is 6.54 Å². The number of nitrogens with one attached hydrogen (secondary N) is 1. The van der Waals surface area contributed by atoms with Crippen LogP contribution in [-0.2, 0) is 6.42 Å². The molecule has 1 N–H and O–H groups in total. The Morgan fingerprint density at radius 1 is 1.30 bits per heavy atom. The van der Waals surface area contributed by atoms with Gasteiger partial charge in [0, 0.05) is 12.1 Å². The van der Waals surface area contributed by atoms with Crippen molar-refractivity contribution in [3.05, 3.63) is 35.4 Å². The molecule has 1 aromatic rings. The van der Waals surface area contributed by atoms with Gasteiger partial charge in [0.1, 0.15) is 11.6 Å². The number of hydrogen-bond acceptors (Lipinski definition) is 1. The molecule has 1 aliphatic rings. The maximum absolute atomic E-state index is 13.8. The molecular formula is C17H25F2N. The largest absolute Gasteiger partial charge is 0.313 e. The molecule has 3 heteroatoms. The number of benzene rings is 1. The summed E-state index contributed by atoms with van der Waals surface area (Å²) in [5.41, 5.74) is 0.624. The molecule has 3 unspecified atom stereocenters. The van der Waals surface area contributed by atoms with Crippen LogP contribution in [0.4, 0.5) is 8.78 Å². The third kappa shape index (κ3) is 3.78. The first-order valence-electron chi connectivity index (χ1n) is 7.79. The van der Waals surface area contributed by atoms with Gasteiger partial charge in [-0.25, -0.2) is 8.78 Å². The molecule has 0 aromatic heterocycles. The standard InChI is InChI=1S/C17H25F2N/c1-3-9-20-17(15-6-4-5-12(15)2)10-13-7-8-14(18)11-16(13)19/h7-8,11-12,15,17,20H,3-6,9-10H2,1-2H3. The summed E-state index contributed by atoms with van der Waals surface area (Å²) in [4.78, 5) is 0. The number of halogens is 2. The molecule has 1 nitrogen and oxygen atoms in total. The summed E-state index contributed by atoms with van der Waals surface area (Å²) in [5.74, 6) is 0.372. The molecule has 0 bridgehead atoms. The summed E-state index contributed by atoms with van der Waals surface area (Å²) in [5, 5.41) is 3.57. The van der Waals surface area contributed by atoms with Crippen LogP contribution in [0.2, 0.25) is 0 Å². The zero-order valence-corrected chi connectivity index (χ0v) is 12.5. The Morgan fingerprint density at radius 3 is 2.70 bits per heavy atom. The van der Waals surface area contributed by atoms with Crippen LogP contribution in [0.15, 0.2) is 18.2 Å². The van der Waals surface area contributed by atoms with Crippen LogP contribution in [0.5, 0.6) is 0 Å². The molecule has 1 fully saturated rings. The second-order valence-electron chi connectivity index (χ2n) is 6.07. The fraction of sp³-hybridized carbons (Fsp3) is 0.647. The Balaban J connectivity index is 2.10. The van der Waals surface area contributed by atoms with E-state index in [0.717, 1.165) is 19.0 Å². The lowest BCUT2D eigenvalue weighted by Gasteiger charge is -2.28. The van der Waals surface area contributed by atoms with E-state index in [1.54, 1.807) is 6.07 Å². The van der Waals surface area contributed by atoms with E-state index >= 15 is 0 Å². The van der Waals surface area contributed by atoms with E-state index in [1.807, 2.05) is 0 Å². The molecular weight excluding hydrogens is 256 g/mol. The van der Waals surface area contributed by atoms with Crippen molar-refractivity contribution < 1.29 is 8.78 Å². The molecule has 0 saturated heterocycles. The van der Waals surface area contributed by atoms with Crippen LogP contribution in [-0.4, -0.2) is 12.6 Å². The quantitative estimate of drug-likeness (QED) is 0.819. The zero-order valence-electron chi connectivity index (χ0n) is 12.5.